The first-order valence-electron chi connectivity index (χ1n) is 7.03. The van der Waals surface area contributed by atoms with Crippen LogP contribution in [0.25, 0.3) is 10.2 Å². The molecule has 0 radical (unpaired) electrons. The van der Waals surface area contributed by atoms with Crippen molar-refractivity contribution in [2.45, 2.75) is 19.5 Å². The molecule has 4 nitrogen and oxygen atoms in total. The summed E-state index contributed by atoms with van der Waals surface area (Å²) in [4.78, 5) is 21.0. The largest absolute Gasteiger partial charge is 0.296 e. The van der Waals surface area contributed by atoms with E-state index in [-0.39, 0.29) is 5.56 Å². The van der Waals surface area contributed by atoms with Crippen molar-refractivity contribution in [2.75, 3.05) is 13.1 Å². The van der Waals surface area contributed by atoms with Gasteiger partial charge in [0.1, 0.15) is 10.5 Å². The van der Waals surface area contributed by atoms with Gasteiger partial charge in [-0.1, -0.05) is 6.07 Å². The third kappa shape index (κ3) is 2.43. The summed E-state index contributed by atoms with van der Waals surface area (Å²) >= 11 is 3.28. The molecule has 4 heterocycles. The maximum Gasteiger partial charge on any atom is 0.271 e. The Kier molecular flexibility index (Phi) is 3.37. The van der Waals surface area contributed by atoms with Gasteiger partial charge in [-0.25, -0.2) is 4.98 Å². The highest BCUT2D eigenvalue weighted by Crippen LogP contribution is 2.18. The minimum Gasteiger partial charge on any atom is -0.296 e. The summed E-state index contributed by atoms with van der Waals surface area (Å²) in [6, 6.07) is 6.20. The summed E-state index contributed by atoms with van der Waals surface area (Å²) in [5.41, 5.74) is 0.978. The van der Waals surface area contributed by atoms with Crippen LogP contribution in [0, 0.1) is 0 Å². The molecule has 3 aromatic rings. The molecule has 0 aromatic carbocycles. The number of nitrogens with zero attached hydrogens (tertiary/aromatic N) is 3. The fourth-order valence-corrected chi connectivity index (χ4v) is 4.33. The highest BCUT2D eigenvalue weighted by atomic mass is 32.1. The molecular weight excluding hydrogens is 302 g/mol. The van der Waals surface area contributed by atoms with Crippen LogP contribution < -0.4 is 5.56 Å². The zero-order valence-corrected chi connectivity index (χ0v) is 13.1. The molecule has 0 unspecified atom stereocenters. The Labute approximate surface area is 130 Å². The summed E-state index contributed by atoms with van der Waals surface area (Å²) in [5, 5.41) is 4.06. The van der Waals surface area contributed by atoms with Gasteiger partial charge in [0.05, 0.1) is 5.52 Å². The van der Waals surface area contributed by atoms with Crippen molar-refractivity contribution < 1.29 is 0 Å². The minimum absolute atomic E-state index is 0.128. The van der Waals surface area contributed by atoms with Crippen molar-refractivity contribution in [3.05, 3.63) is 50.0 Å². The van der Waals surface area contributed by atoms with Gasteiger partial charge in [-0.3, -0.25) is 14.3 Å². The topological polar surface area (TPSA) is 38.1 Å². The maximum absolute atomic E-state index is 12.5. The second kappa shape index (κ2) is 5.36. The molecule has 21 heavy (non-hydrogen) atoms. The number of thiophene rings is 2. The average Bonchev–Trinajstić information content (AvgIpc) is 3.10. The lowest BCUT2D eigenvalue weighted by Gasteiger charge is -2.17. The first-order valence-corrected chi connectivity index (χ1v) is 8.79. The zero-order chi connectivity index (χ0) is 14.2. The van der Waals surface area contributed by atoms with Crippen molar-refractivity contribution in [1.82, 2.24) is 14.5 Å². The highest BCUT2D eigenvalue weighted by Gasteiger charge is 2.18. The Morgan fingerprint density at radius 3 is 2.95 bits per heavy atom. The van der Waals surface area contributed by atoms with Gasteiger partial charge in [0.25, 0.3) is 5.56 Å². The zero-order valence-electron chi connectivity index (χ0n) is 11.5. The van der Waals surface area contributed by atoms with Gasteiger partial charge in [-0.15, -0.1) is 22.7 Å². The van der Waals surface area contributed by atoms with Crippen LogP contribution in [0.1, 0.15) is 10.7 Å². The summed E-state index contributed by atoms with van der Waals surface area (Å²) in [7, 11) is 0. The first kappa shape index (κ1) is 13.2. The van der Waals surface area contributed by atoms with E-state index in [1.54, 1.807) is 11.3 Å². The van der Waals surface area contributed by atoms with Crippen molar-refractivity contribution in [2.24, 2.45) is 0 Å². The Balaban J connectivity index is 1.63. The van der Waals surface area contributed by atoms with E-state index in [1.165, 1.54) is 16.2 Å². The molecule has 0 amide bonds. The Hall–Kier alpha value is -1.50. The van der Waals surface area contributed by atoms with E-state index in [9.17, 15) is 4.79 Å². The van der Waals surface area contributed by atoms with Crippen molar-refractivity contribution in [3.63, 3.8) is 0 Å². The fraction of sp³-hybridized carbons (Fsp3) is 0.333. The number of fused-ring (bicyclic) bond motifs is 2. The molecule has 0 saturated heterocycles. The lowest BCUT2D eigenvalue weighted by molar-refractivity contribution is 0.273. The molecule has 108 valence electrons. The van der Waals surface area contributed by atoms with Gasteiger partial charge in [0.15, 0.2) is 0 Å². The van der Waals surface area contributed by atoms with E-state index in [0.717, 1.165) is 48.6 Å². The van der Waals surface area contributed by atoms with E-state index in [1.807, 2.05) is 16.0 Å². The van der Waals surface area contributed by atoms with Gasteiger partial charge >= 0.3 is 0 Å². The van der Waals surface area contributed by atoms with Gasteiger partial charge in [-0.05, 0) is 22.9 Å². The van der Waals surface area contributed by atoms with E-state index in [0.29, 0.717) is 0 Å². The number of hydrogen-bond donors (Lipinski definition) is 0. The normalized spacial score (nSPS) is 16.0. The summed E-state index contributed by atoms with van der Waals surface area (Å²) in [6.07, 6.45) is 0.840. The molecule has 6 heteroatoms. The smallest absolute Gasteiger partial charge is 0.271 e. The van der Waals surface area contributed by atoms with Crippen LogP contribution in [0.15, 0.2) is 33.8 Å². The second-order valence-corrected chi connectivity index (χ2v) is 7.17. The standard InChI is InChI=1S/C15H15N3OS2/c19-15-14-12(4-9-21-14)16-13-3-5-17(6-7-18(13)15)10-11-2-1-8-20-11/h1-2,4,8-9H,3,5-7,10H2. The van der Waals surface area contributed by atoms with Gasteiger partial charge in [-0.2, -0.15) is 0 Å². The van der Waals surface area contributed by atoms with E-state index >= 15 is 0 Å². The van der Waals surface area contributed by atoms with E-state index in [4.69, 9.17) is 0 Å². The molecule has 3 aromatic heterocycles. The summed E-state index contributed by atoms with van der Waals surface area (Å²) in [5.74, 6) is 0.930. The second-order valence-electron chi connectivity index (χ2n) is 5.23. The van der Waals surface area contributed by atoms with Gasteiger partial charge in [0, 0.05) is 37.5 Å². The number of aromatic nitrogens is 2. The quantitative estimate of drug-likeness (QED) is 0.729. The summed E-state index contributed by atoms with van der Waals surface area (Å²) in [6.45, 7) is 3.57. The molecule has 0 atom stereocenters. The molecule has 1 aliphatic rings. The SMILES string of the molecule is O=c1c2sccc2nc2n1CCN(Cc1cccs1)CC2. The molecule has 0 bridgehead atoms. The first-order chi connectivity index (χ1) is 10.3. The van der Waals surface area contributed by atoms with Crippen LogP contribution >= 0.6 is 22.7 Å². The van der Waals surface area contributed by atoms with E-state index in [2.05, 4.69) is 27.4 Å². The average molecular weight is 317 g/mol. The van der Waals surface area contributed by atoms with Crippen LogP contribution in [0.3, 0.4) is 0 Å². The van der Waals surface area contributed by atoms with Gasteiger partial charge in [0.2, 0.25) is 0 Å². The fourth-order valence-electron chi connectivity index (χ4n) is 2.80. The lowest BCUT2D eigenvalue weighted by atomic mass is 10.3. The lowest BCUT2D eigenvalue weighted by Crippen LogP contribution is -2.28. The minimum atomic E-state index is 0.128. The van der Waals surface area contributed by atoms with Crippen LogP contribution in [0.5, 0.6) is 0 Å². The van der Waals surface area contributed by atoms with Gasteiger partial charge < -0.3 is 0 Å². The molecule has 0 fully saturated rings. The molecular formula is C15H15N3OS2. The van der Waals surface area contributed by atoms with Crippen LogP contribution in [0.2, 0.25) is 0 Å². The van der Waals surface area contributed by atoms with Crippen molar-refractivity contribution in [3.8, 4) is 0 Å². The highest BCUT2D eigenvalue weighted by molar-refractivity contribution is 7.17. The van der Waals surface area contributed by atoms with E-state index < -0.39 is 0 Å². The molecule has 0 saturated carbocycles. The number of rotatable bonds is 2. The predicted octanol–water partition coefficient (Wildman–Crippen LogP) is 2.58. The van der Waals surface area contributed by atoms with Crippen LogP contribution in [-0.4, -0.2) is 27.5 Å². The van der Waals surface area contributed by atoms with Crippen LogP contribution in [0.4, 0.5) is 0 Å². The molecule has 1 aliphatic heterocycles. The molecule has 4 rings (SSSR count). The molecule has 0 N–H and O–H groups in total. The Morgan fingerprint density at radius 2 is 2.10 bits per heavy atom. The van der Waals surface area contributed by atoms with Crippen LogP contribution in [-0.2, 0) is 19.5 Å². The van der Waals surface area contributed by atoms with Crippen molar-refractivity contribution >= 4 is 32.9 Å². The molecule has 0 spiro atoms. The maximum atomic E-state index is 12.5. The van der Waals surface area contributed by atoms with Crippen molar-refractivity contribution in [1.29, 1.82) is 0 Å². The summed E-state index contributed by atoms with van der Waals surface area (Å²) < 4.78 is 2.65. The molecule has 0 aliphatic carbocycles. The Bertz CT molecular complexity index is 819. The number of hydrogen-bond acceptors (Lipinski definition) is 5. The predicted molar refractivity (Wildman–Crippen MR) is 87.2 cm³/mol. The third-order valence-corrected chi connectivity index (χ3v) is 5.65. The Morgan fingerprint density at radius 1 is 1.14 bits per heavy atom. The third-order valence-electron chi connectivity index (χ3n) is 3.90. The monoisotopic (exact) mass is 317 g/mol.